The number of halogens is 6. The third kappa shape index (κ3) is 7.33. The lowest BCUT2D eigenvalue weighted by Crippen LogP contribution is -2.49. The predicted octanol–water partition coefficient (Wildman–Crippen LogP) is 7.72. The van der Waals surface area contributed by atoms with E-state index in [1.807, 2.05) is 0 Å². The molecule has 0 radical (unpaired) electrons. The Morgan fingerprint density at radius 2 is 1.76 bits per heavy atom. The average molecular weight is 511 g/mol. The average Bonchev–Trinajstić information content (AvgIpc) is 2.79. The van der Waals surface area contributed by atoms with Gasteiger partial charge in [-0.1, -0.05) is 30.7 Å². The first kappa shape index (κ1) is 26.8. The smallest absolute Gasteiger partial charge is 0.451 e. The maximum Gasteiger partial charge on any atom is 0.451 e. The molecule has 0 spiro atoms. The second-order valence-corrected chi connectivity index (χ2v) is 8.97. The van der Waals surface area contributed by atoms with Gasteiger partial charge in [0.2, 0.25) is 0 Å². The zero-order valence-corrected chi connectivity index (χ0v) is 19.5. The van der Waals surface area contributed by atoms with Crippen molar-refractivity contribution in [2.75, 3.05) is 13.2 Å². The van der Waals surface area contributed by atoms with Crippen LogP contribution in [0.15, 0.2) is 36.6 Å². The molecule has 1 aliphatic heterocycles. The van der Waals surface area contributed by atoms with Gasteiger partial charge in [-0.05, 0) is 50.4 Å². The third-order valence-electron chi connectivity index (χ3n) is 6.12. The maximum atomic E-state index is 14.6. The fourth-order valence-corrected chi connectivity index (χ4v) is 4.59. The van der Waals surface area contributed by atoms with Crippen LogP contribution in [0.5, 0.6) is 11.5 Å². The summed E-state index contributed by atoms with van der Waals surface area (Å²) < 4.78 is 87.1. The van der Waals surface area contributed by atoms with Crippen LogP contribution in [0.1, 0.15) is 45.4 Å². The van der Waals surface area contributed by atoms with Crippen molar-refractivity contribution in [3.8, 4) is 11.5 Å². The Balaban J connectivity index is 1.51. The van der Waals surface area contributed by atoms with E-state index in [2.05, 4.69) is 28.5 Å². The van der Waals surface area contributed by atoms with Crippen LogP contribution in [0, 0.1) is 23.6 Å². The van der Waals surface area contributed by atoms with E-state index in [-0.39, 0.29) is 25.4 Å². The summed E-state index contributed by atoms with van der Waals surface area (Å²) in [6.07, 6.45) is 2.57. The van der Waals surface area contributed by atoms with Crippen molar-refractivity contribution in [2.45, 2.75) is 57.8 Å². The van der Waals surface area contributed by atoms with E-state index in [0.29, 0.717) is 17.9 Å². The molecular formula is C24H28ClF5O4. The van der Waals surface area contributed by atoms with Gasteiger partial charge in [0.05, 0.1) is 18.2 Å². The number of alkyl halides is 2. The molecule has 0 amide bonds. The van der Waals surface area contributed by atoms with Gasteiger partial charge in [-0.15, -0.1) is 0 Å². The van der Waals surface area contributed by atoms with Crippen molar-refractivity contribution in [1.82, 2.24) is 0 Å². The Hall–Kier alpha value is -1.84. The van der Waals surface area contributed by atoms with Gasteiger partial charge < -0.3 is 18.9 Å². The van der Waals surface area contributed by atoms with Crippen molar-refractivity contribution in [1.29, 1.82) is 0 Å². The fraction of sp³-hybridized carbons (Fsp3) is 0.583. The Labute approximate surface area is 200 Å². The quantitative estimate of drug-likeness (QED) is 0.193. The van der Waals surface area contributed by atoms with Gasteiger partial charge in [0, 0.05) is 18.1 Å². The normalized spacial score (nSPS) is 25.9. The molecule has 0 bridgehead atoms. The summed E-state index contributed by atoms with van der Waals surface area (Å²) in [7, 11) is 0. The molecule has 190 valence electrons. The number of benzene rings is 1. The van der Waals surface area contributed by atoms with Crippen molar-refractivity contribution >= 4 is 11.6 Å². The first-order valence-corrected chi connectivity index (χ1v) is 11.7. The van der Waals surface area contributed by atoms with Gasteiger partial charge in [0.15, 0.2) is 17.8 Å². The van der Waals surface area contributed by atoms with E-state index < -0.39 is 40.8 Å². The molecule has 1 aliphatic carbocycles. The van der Waals surface area contributed by atoms with Crippen LogP contribution in [-0.4, -0.2) is 25.6 Å². The van der Waals surface area contributed by atoms with Gasteiger partial charge in [-0.3, -0.25) is 0 Å². The fourth-order valence-electron chi connectivity index (χ4n) is 4.35. The summed E-state index contributed by atoms with van der Waals surface area (Å²) in [6.45, 7) is 2.32. The van der Waals surface area contributed by atoms with Crippen LogP contribution in [0.4, 0.5) is 22.0 Å². The minimum Gasteiger partial charge on any atom is -0.455 e. The highest BCUT2D eigenvalue weighted by molar-refractivity contribution is 6.32. The van der Waals surface area contributed by atoms with Gasteiger partial charge in [0.25, 0.3) is 6.29 Å². The van der Waals surface area contributed by atoms with E-state index in [1.165, 1.54) is 0 Å². The van der Waals surface area contributed by atoms with Crippen molar-refractivity contribution < 1.29 is 40.9 Å². The molecule has 2 fully saturated rings. The van der Waals surface area contributed by atoms with Gasteiger partial charge >= 0.3 is 12.2 Å². The lowest BCUT2D eigenvalue weighted by atomic mass is 9.75. The highest BCUT2D eigenvalue weighted by Gasteiger charge is 2.48. The Bertz CT molecular complexity index is 836. The van der Waals surface area contributed by atoms with Gasteiger partial charge in [-0.2, -0.15) is 17.6 Å². The maximum absolute atomic E-state index is 14.6. The molecule has 1 aromatic rings. The largest absolute Gasteiger partial charge is 0.455 e. The molecular weight excluding hydrogens is 483 g/mol. The van der Waals surface area contributed by atoms with Crippen LogP contribution < -0.4 is 9.47 Å². The van der Waals surface area contributed by atoms with Crippen LogP contribution in [0.2, 0.25) is 5.02 Å². The summed E-state index contributed by atoms with van der Waals surface area (Å²) in [5.74, 6) is -1.59. The highest BCUT2D eigenvalue weighted by atomic mass is 35.5. The van der Waals surface area contributed by atoms with E-state index in [1.54, 1.807) is 0 Å². The van der Waals surface area contributed by atoms with Crippen LogP contribution in [0.25, 0.3) is 0 Å². The first-order chi connectivity index (χ1) is 16.2. The molecule has 0 aromatic heterocycles. The molecule has 2 aliphatic rings. The van der Waals surface area contributed by atoms with E-state index in [4.69, 9.17) is 21.1 Å². The minimum absolute atomic E-state index is 0.0183. The lowest BCUT2D eigenvalue weighted by Gasteiger charge is -2.39. The second kappa shape index (κ2) is 12.2. The zero-order valence-electron chi connectivity index (χ0n) is 18.8. The molecule has 1 saturated heterocycles. The Kier molecular flexibility index (Phi) is 9.62. The third-order valence-corrected chi connectivity index (χ3v) is 6.40. The molecule has 34 heavy (non-hydrogen) atoms. The molecule has 1 heterocycles. The van der Waals surface area contributed by atoms with Crippen LogP contribution in [0.3, 0.4) is 0 Å². The van der Waals surface area contributed by atoms with Crippen molar-refractivity contribution in [3.63, 3.8) is 0 Å². The number of hydrogen-bond acceptors (Lipinski definition) is 4. The van der Waals surface area contributed by atoms with Crippen molar-refractivity contribution in [3.05, 3.63) is 47.5 Å². The molecule has 3 rings (SSSR count). The molecule has 4 nitrogen and oxygen atoms in total. The van der Waals surface area contributed by atoms with Crippen LogP contribution in [-0.2, 0) is 9.47 Å². The van der Waals surface area contributed by atoms with E-state index >= 15 is 0 Å². The monoisotopic (exact) mass is 510 g/mol. The SMILES string of the molecule is CCC=CCC1CCC(C2COC(C(F)(F)Oc3cc(F)c(OC=C(F)F)c(Cl)c3)OC2)CC1. The number of allylic oxidation sites excluding steroid dienone is 2. The summed E-state index contributed by atoms with van der Waals surface area (Å²) >= 11 is 5.75. The van der Waals surface area contributed by atoms with Gasteiger partial charge in [0.1, 0.15) is 5.75 Å². The predicted molar refractivity (Wildman–Crippen MR) is 117 cm³/mol. The zero-order chi connectivity index (χ0) is 24.7. The standard InChI is InChI=1S/C24H28ClF5O4/c1-2-3-4-5-15-6-8-16(9-7-15)17-12-32-23(33-13-17)24(29,30)34-18-10-19(25)22(20(26)11-18)31-14-21(27)28/h3-4,10-11,14-17,23H,2,5-9,12-13H2,1H3. The van der Waals surface area contributed by atoms with Crippen molar-refractivity contribution in [2.24, 2.45) is 17.8 Å². The lowest BCUT2D eigenvalue weighted by molar-refractivity contribution is -0.354. The number of rotatable bonds is 9. The summed E-state index contributed by atoms with van der Waals surface area (Å²) in [5.41, 5.74) is 0. The Morgan fingerprint density at radius 3 is 2.35 bits per heavy atom. The molecule has 1 aromatic carbocycles. The molecule has 0 unspecified atom stereocenters. The Morgan fingerprint density at radius 1 is 1.09 bits per heavy atom. The minimum atomic E-state index is -3.93. The molecule has 0 N–H and O–H groups in total. The van der Waals surface area contributed by atoms with Gasteiger partial charge in [-0.25, -0.2) is 4.39 Å². The second-order valence-electron chi connectivity index (χ2n) is 8.56. The molecule has 10 heteroatoms. The van der Waals surface area contributed by atoms with Crippen LogP contribution >= 0.6 is 11.6 Å². The molecule has 0 atom stereocenters. The van der Waals surface area contributed by atoms with E-state index in [9.17, 15) is 22.0 Å². The molecule has 1 saturated carbocycles. The highest BCUT2D eigenvalue weighted by Crippen LogP contribution is 2.40. The summed E-state index contributed by atoms with van der Waals surface area (Å²) in [6, 6.07) is 1.39. The summed E-state index contributed by atoms with van der Waals surface area (Å²) in [4.78, 5) is 0. The first-order valence-electron chi connectivity index (χ1n) is 11.3. The topological polar surface area (TPSA) is 36.9 Å². The number of hydrogen-bond donors (Lipinski definition) is 0. The van der Waals surface area contributed by atoms with E-state index in [0.717, 1.165) is 44.6 Å². The summed E-state index contributed by atoms with van der Waals surface area (Å²) in [5, 5.41) is -0.519. The number of ether oxygens (including phenoxy) is 4.